The minimum atomic E-state index is -1.67. The fourth-order valence-corrected chi connectivity index (χ4v) is 4.96. The number of para-hydroxylation sites is 1. The van der Waals surface area contributed by atoms with Crippen molar-refractivity contribution in [2.24, 2.45) is 15.2 Å². The predicted molar refractivity (Wildman–Crippen MR) is 169 cm³/mol. The van der Waals surface area contributed by atoms with Crippen LogP contribution in [-0.2, 0) is 16.0 Å². The molecule has 2 atom stereocenters. The second-order valence-electron chi connectivity index (χ2n) is 9.98. The van der Waals surface area contributed by atoms with Crippen molar-refractivity contribution in [2.75, 3.05) is 18.6 Å². The van der Waals surface area contributed by atoms with Crippen LogP contribution in [0.5, 0.6) is 5.75 Å². The Hall–Kier alpha value is -6.00. The largest absolute Gasteiger partial charge is 0.494 e. The first kappa shape index (κ1) is 30.5. The lowest BCUT2D eigenvalue weighted by molar-refractivity contribution is -0.128. The summed E-state index contributed by atoms with van der Waals surface area (Å²) in [4.78, 5) is 25.3. The lowest BCUT2D eigenvalue weighted by Gasteiger charge is -2.31. The van der Waals surface area contributed by atoms with Crippen molar-refractivity contribution in [1.82, 2.24) is 5.43 Å². The molecule has 4 aromatic carbocycles. The summed E-state index contributed by atoms with van der Waals surface area (Å²) in [6.07, 6.45) is -0.604. The lowest BCUT2D eigenvalue weighted by atomic mass is 9.81. The van der Waals surface area contributed by atoms with Gasteiger partial charge in [0.25, 0.3) is 5.91 Å². The zero-order valence-electron chi connectivity index (χ0n) is 24.0. The highest BCUT2D eigenvalue weighted by Gasteiger charge is 2.54. The van der Waals surface area contributed by atoms with Crippen molar-refractivity contribution in [1.29, 1.82) is 0 Å². The Morgan fingerprint density at radius 3 is 2.31 bits per heavy atom. The molecule has 0 unspecified atom stereocenters. The zero-order chi connectivity index (χ0) is 31.5. The number of hydrogen-bond donors (Lipinski definition) is 3. The van der Waals surface area contributed by atoms with E-state index in [0.29, 0.717) is 46.8 Å². The van der Waals surface area contributed by atoms with Crippen molar-refractivity contribution in [3.05, 3.63) is 141 Å². The molecule has 1 heterocycles. The molecule has 5 rings (SSSR count). The van der Waals surface area contributed by atoms with E-state index in [4.69, 9.17) is 19.6 Å². The van der Waals surface area contributed by atoms with Crippen LogP contribution in [0, 0.1) is 0 Å². The molecule has 0 fully saturated rings. The number of nitrogens with one attached hydrogen (secondary N) is 2. The van der Waals surface area contributed by atoms with Crippen molar-refractivity contribution in [3.8, 4) is 5.75 Å². The number of hydrazine groups is 1. The minimum absolute atomic E-state index is 0.0214. The van der Waals surface area contributed by atoms with Gasteiger partial charge in [-0.15, -0.1) is 0 Å². The van der Waals surface area contributed by atoms with Crippen LogP contribution in [0.2, 0.25) is 0 Å². The Bertz CT molecular complexity index is 1770. The van der Waals surface area contributed by atoms with E-state index < -0.39 is 17.6 Å². The average molecular weight is 604 g/mol. The number of aliphatic hydroxyl groups is 1. The molecule has 0 spiro atoms. The summed E-state index contributed by atoms with van der Waals surface area (Å²) >= 11 is 0. The summed E-state index contributed by atoms with van der Waals surface area (Å²) in [6.45, 7) is 0.376. The van der Waals surface area contributed by atoms with Gasteiger partial charge in [-0.1, -0.05) is 77.0 Å². The van der Waals surface area contributed by atoms with Crippen LogP contribution in [0.4, 0.5) is 17.1 Å². The van der Waals surface area contributed by atoms with Crippen molar-refractivity contribution in [2.45, 2.75) is 24.5 Å². The van der Waals surface area contributed by atoms with Gasteiger partial charge in [0.1, 0.15) is 5.75 Å². The molecule has 0 saturated heterocycles. The van der Waals surface area contributed by atoms with Crippen LogP contribution in [0.25, 0.3) is 20.9 Å². The van der Waals surface area contributed by atoms with E-state index in [0.717, 1.165) is 0 Å². The Labute approximate surface area is 258 Å². The third-order valence-corrected chi connectivity index (χ3v) is 7.10. The average Bonchev–Trinajstić information content (AvgIpc) is 3.46. The van der Waals surface area contributed by atoms with Crippen molar-refractivity contribution >= 4 is 28.9 Å². The van der Waals surface area contributed by atoms with Gasteiger partial charge in [0.15, 0.2) is 11.6 Å². The molecular weight excluding hydrogens is 574 g/mol. The summed E-state index contributed by atoms with van der Waals surface area (Å²) in [7, 11) is 0. The quantitative estimate of drug-likeness (QED) is 0.0488. The van der Waals surface area contributed by atoms with Crippen LogP contribution in [0.1, 0.15) is 29.2 Å². The number of aliphatic imine (C=N–C) groups is 1. The number of carbonyl (C=O) groups excluding carboxylic acids is 1. The first-order valence-electron chi connectivity index (χ1n) is 14.1. The van der Waals surface area contributed by atoms with E-state index in [9.17, 15) is 15.9 Å². The Morgan fingerprint density at radius 2 is 1.58 bits per heavy atom. The predicted octanol–water partition coefficient (Wildman–Crippen LogP) is 6.97. The number of anilines is 1. The molecule has 4 aromatic rings. The van der Waals surface area contributed by atoms with Gasteiger partial charge in [0, 0.05) is 51.8 Å². The molecule has 0 aromatic heterocycles. The molecular formula is C32H29N9O4. The number of benzene rings is 4. The van der Waals surface area contributed by atoms with Gasteiger partial charge in [-0.2, -0.15) is 0 Å². The molecule has 1 amide bonds. The monoisotopic (exact) mass is 603 g/mol. The number of azide groups is 2. The maximum atomic E-state index is 14.4. The Kier molecular flexibility index (Phi) is 9.78. The van der Waals surface area contributed by atoms with Crippen LogP contribution >= 0.6 is 0 Å². The second-order valence-corrected chi connectivity index (χ2v) is 9.98. The maximum Gasteiger partial charge on any atom is 0.270 e. The van der Waals surface area contributed by atoms with Gasteiger partial charge >= 0.3 is 0 Å². The molecule has 45 heavy (non-hydrogen) atoms. The number of aliphatic hydroxyl groups excluding tert-OH is 1. The van der Waals surface area contributed by atoms with Crippen LogP contribution in [0.15, 0.2) is 118 Å². The lowest BCUT2D eigenvalue weighted by Crippen LogP contribution is -2.51. The first-order valence-corrected chi connectivity index (χ1v) is 14.1. The summed E-state index contributed by atoms with van der Waals surface area (Å²) < 4.78 is 12.2. The summed E-state index contributed by atoms with van der Waals surface area (Å²) in [6, 6.07) is 29.8. The molecule has 0 radical (unpaired) electrons. The van der Waals surface area contributed by atoms with Gasteiger partial charge in [-0.05, 0) is 53.0 Å². The molecule has 3 N–H and O–H groups in total. The molecule has 226 valence electrons. The smallest absolute Gasteiger partial charge is 0.270 e. The van der Waals surface area contributed by atoms with E-state index in [-0.39, 0.29) is 24.6 Å². The van der Waals surface area contributed by atoms with Crippen LogP contribution in [0.3, 0.4) is 0 Å². The first-order chi connectivity index (χ1) is 22.1. The van der Waals surface area contributed by atoms with E-state index in [1.807, 2.05) is 18.2 Å². The fourth-order valence-electron chi connectivity index (χ4n) is 4.96. The Morgan fingerprint density at radius 1 is 0.911 bits per heavy atom. The minimum Gasteiger partial charge on any atom is -0.494 e. The standard InChI is InChI=1S/C32H29N9O4/c33-40-37-27-13-6-4-9-23(27)21-32(31(43)39-36-24-10-2-1-3-11-24)29(26-12-5-7-14-28(26)38-41-34)45-30(35-32)22-15-17-25(18-16-22)44-20-8-19-42/h1-7,9-18,29,36,42H,8,19-21H2,(H,39,43)/t29-,32-/m0/s1. The normalized spacial score (nSPS) is 16.7. The summed E-state index contributed by atoms with van der Waals surface area (Å²) in [5.74, 6) is 0.228. The van der Waals surface area contributed by atoms with Crippen molar-refractivity contribution in [3.63, 3.8) is 0 Å². The van der Waals surface area contributed by atoms with E-state index in [1.54, 1.807) is 84.9 Å². The highest BCUT2D eigenvalue weighted by molar-refractivity contribution is 6.01. The van der Waals surface area contributed by atoms with Gasteiger partial charge in [0.2, 0.25) is 5.90 Å². The number of rotatable bonds is 13. The van der Waals surface area contributed by atoms with E-state index >= 15 is 0 Å². The summed E-state index contributed by atoms with van der Waals surface area (Å²) in [5.41, 5.74) is 25.4. The zero-order valence-corrected chi connectivity index (χ0v) is 24.0. The van der Waals surface area contributed by atoms with Crippen LogP contribution < -0.4 is 15.6 Å². The highest BCUT2D eigenvalue weighted by Crippen LogP contribution is 2.46. The molecule has 13 nitrogen and oxygen atoms in total. The van der Waals surface area contributed by atoms with Gasteiger partial charge in [0.05, 0.1) is 12.3 Å². The number of amides is 1. The van der Waals surface area contributed by atoms with E-state index in [1.165, 1.54) is 0 Å². The third kappa shape index (κ3) is 6.98. The SMILES string of the molecule is [N-]=[N+]=Nc1ccccc1C[C@]1(C(=O)NNc2ccccc2)N=C(c2ccc(OCCCO)cc2)O[C@H]1c1ccccc1N=[N+]=[N-]. The van der Waals surface area contributed by atoms with Gasteiger partial charge < -0.3 is 14.6 Å². The number of ether oxygens (including phenoxy) is 2. The molecule has 1 aliphatic rings. The molecule has 0 saturated carbocycles. The van der Waals surface area contributed by atoms with Crippen LogP contribution in [-0.4, -0.2) is 35.7 Å². The Balaban J connectivity index is 1.64. The molecule has 0 bridgehead atoms. The maximum absolute atomic E-state index is 14.4. The molecule has 13 heteroatoms. The second kappa shape index (κ2) is 14.5. The highest BCUT2D eigenvalue weighted by atomic mass is 16.5. The number of nitrogens with zero attached hydrogens (tertiary/aromatic N) is 7. The number of hydrogen-bond acceptors (Lipinski definition) is 8. The van der Waals surface area contributed by atoms with E-state index in [2.05, 4.69) is 30.9 Å². The molecule has 1 aliphatic heterocycles. The fraction of sp³-hybridized carbons (Fsp3) is 0.188. The topological polar surface area (TPSA) is 190 Å². The number of carbonyl (C=O) groups is 1. The third-order valence-electron chi connectivity index (χ3n) is 7.10. The summed E-state index contributed by atoms with van der Waals surface area (Å²) in [5, 5.41) is 16.8. The molecule has 0 aliphatic carbocycles. The van der Waals surface area contributed by atoms with Gasteiger partial charge in [-0.3, -0.25) is 15.6 Å². The van der Waals surface area contributed by atoms with Crippen molar-refractivity contribution < 1.29 is 19.4 Å². The van der Waals surface area contributed by atoms with Gasteiger partial charge in [-0.25, -0.2) is 4.99 Å².